The molecule has 0 spiro atoms. The van der Waals surface area contributed by atoms with Crippen molar-refractivity contribution in [3.8, 4) is 5.75 Å². The normalized spacial score (nSPS) is 23.6. The average Bonchev–Trinajstić information content (AvgIpc) is 3.32. The molecule has 1 fully saturated rings. The second-order valence-corrected chi connectivity index (χ2v) is 8.82. The lowest BCUT2D eigenvalue weighted by Crippen LogP contribution is -2.33. The Morgan fingerprint density at radius 2 is 1.84 bits per heavy atom. The van der Waals surface area contributed by atoms with Crippen LogP contribution in [0, 0.1) is 0 Å². The summed E-state index contributed by atoms with van der Waals surface area (Å²) in [5.74, 6) is 1.31. The molecule has 10 nitrogen and oxygen atoms in total. The first kappa shape index (κ1) is 22.4. The van der Waals surface area contributed by atoms with Gasteiger partial charge in [-0.25, -0.2) is 15.0 Å². The maximum Gasteiger partial charge on any atom is 0.167 e. The van der Waals surface area contributed by atoms with E-state index in [1.807, 2.05) is 12.1 Å². The van der Waals surface area contributed by atoms with Gasteiger partial charge in [-0.3, -0.25) is 4.57 Å². The van der Waals surface area contributed by atoms with Gasteiger partial charge in [0.05, 0.1) is 19.5 Å². The average molecular weight is 444 g/mol. The summed E-state index contributed by atoms with van der Waals surface area (Å²) in [4.78, 5) is 12.8. The van der Waals surface area contributed by atoms with Gasteiger partial charge in [0.15, 0.2) is 23.2 Å². The van der Waals surface area contributed by atoms with Crippen LogP contribution in [0.4, 0.5) is 5.82 Å². The zero-order chi connectivity index (χ0) is 22.9. The van der Waals surface area contributed by atoms with Crippen molar-refractivity contribution in [3.63, 3.8) is 0 Å². The van der Waals surface area contributed by atoms with Gasteiger partial charge in [-0.05, 0) is 23.1 Å². The van der Waals surface area contributed by atoms with Gasteiger partial charge in [0.25, 0.3) is 0 Å². The number of aliphatic hydroxyl groups is 3. The Labute approximate surface area is 185 Å². The van der Waals surface area contributed by atoms with Gasteiger partial charge in [0.2, 0.25) is 0 Å². The van der Waals surface area contributed by atoms with Crippen molar-refractivity contribution in [3.05, 3.63) is 42.5 Å². The third-order valence-corrected chi connectivity index (χ3v) is 5.53. The highest BCUT2D eigenvalue weighted by Crippen LogP contribution is 2.32. The quantitative estimate of drug-likeness (QED) is 0.398. The number of anilines is 1. The first-order chi connectivity index (χ1) is 15.3. The van der Waals surface area contributed by atoms with Crippen LogP contribution in [-0.2, 0) is 10.2 Å². The van der Waals surface area contributed by atoms with Gasteiger partial charge in [-0.1, -0.05) is 32.9 Å². The molecule has 10 heteroatoms. The van der Waals surface area contributed by atoms with Crippen LogP contribution in [0.2, 0.25) is 0 Å². The van der Waals surface area contributed by atoms with E-state index in [0.717, 1.165) is 5.75 Å². The fourth-order valence-corrected chi connectivity index (χ4v) is 3.67. The fourth-order valence-electron chi connectivity index (χ4n) is 3.67. The topological polar surface area (TPSA) is 135 Å². The van der Waals surface area contributed by atoms with Crippen LogP contribution in [0.15, 0.2) is 36.9 Å². The van der Waals surface area contributed by atoms with Gasteiger partial charge in [0, 0.05) is 0 Å². The lowest BCUT2D eigenvalue weighted by Gasteiger charge is -2.19. The number of benzene rings is 1. The smallest absolute Gasteiger partial charge is 0.167 e. The molecule has 3 aromatic rings. The number of ether oxygens (including phenoxy) is 2. The van der Waals surface area contributed by atoms with Gasteiger partial charge in [-0.15, -0.1) is 0 Å². The van der Waals surface area contributed by atoms with E-state index in [-0.39, 0.29) is 5.41 Å². The van der Waals surface area contributed by atoms with Crippen LogP contribution < -0.4 is 10.1 Å². The van der Waals surface area contributed by atoms with Crippen LogP contribution in [0.25, 0.3) is 11.2 Å². The molecule has 0 radical (unpaired) electrons. The number of nitrogens with one attached hydrogen (secondary N) is 1. The van der Waals surface area contributed by atoms with Crippen molar-refractivity contribution in [2.75, 3.05) is 25.1 Å². The second kappa shape index (κ2) is 8.99. The number of aromatic nitrogens is 4. The number of hydrogen-bond acceptors (Lipinski definition) is 9. The van der Waals surface area contributed by atoms with Crippen molar-refractivity contribution in [2.24, 2.45) is 0 Å². The van der Waals surface area contributed by atoms with Gasteiger partial charge < -0.3 is 30.1 Å². The number of imidazole rings is 1. The Morgan fingerprint density at radius 3 is 2.50 bits per heavy atom. The highest BCUT2D eigenvalue weighted by atomic mass is 16.6. The molecule has 0 amide bonds. The Bertz CT molecular complexity index is 1050. The maximum atomic E-state index is 10.3. The summed E-state index contributed by atoms with van der Waals surface area (Å²) < 4.78 is 12.9. The number of aliphatic hydroxyl groups excluding tert-OH is 3. The molecule has 1 aliphatic rings. The number of nitrogens with zero attached hydrogens (tertiary/aromatic N) is 4. The molecular formula is C22H29N5O5. The standard InChI is InChI=1S/C22H29N5O5/c1-22(2,3)13-4-6-14(7-5-13)31-9-8-23-19-16-20(25-11-24-19)27(12-26-16)21-18(30)17(29)15(10-28)32-21/h4-7,11-12,15,17-18,21,28-30H,8-10H2,1-3H3,(H,23,24,25)/t15-,17-,18-,21-/m1/s1. The zero-order valence-corrected chi connectivity index (χ0v) is 18.3. The molecule has 4 rings (SSSR count). The predicted molar refractivity (Wildman–Crippen MR) is 117 cm³/mol. The van der Waals surface area contributed by atoms with Crippen molar-refractivity contribution in [2.45, 2.75) is 50.7 Å². The summed E-state index contributed by atoms with van der Waals surface area (Å²) in [5.41, 5.74) is 2.28. The van der Waals surface area contributed by atoms with Gasteiger partial charge >= 0.3 is 0 Å². The van der Waals surface area contributed by atoms with E-state index in [9.17, 15) is 15.3 Å². The molecule has 32 heavy (non-hydrogen) atoms. The summed E-state index contributed by atoms with van der Waals surface area (Å²) in [5, 5.41) is 32.8. The highest BCUT2D eigenvalue weighted by molar-refractivity contribution is 5.82. The Hall–Kier alpha value is -2.79. The number of fused-ring (bicyclic) bond motifs is 1. The van der Waals surface area contributed by atoms with E-state index >= 15 is 0 Å². The van der Waals surface area contributed by atoms with Crippen molar-refractivity contribution in [1.82, 2.24) is 19.5 Å². The molecule has 1 aromatic carbocycles. The van der Waals surface area contributed by atoms with E-state index in [4.69, 9.17) is 9.47 Å². The van der Waals surface area contributed by atoms with Crippen LogP contribution in [-0.4, -0.2) is 72.9 Å². The monoisotopic (exact) mass is 443 g/mol. The van der Waals surface area contributed by atoms with Crippen LogP contribution >= 0.6 is 0 Å². The van der Waals surface area contributed by atoms with Gasteiger partial charge in [0.1, 0.15) is 37.0 Å². The molecule has 1 aliphatic heterocycles. The molecule has 172 valence electrons. The Balaban J connectivity index is 1.39. The lowest BCUT2D eigenvalue weighted by molar-refractivity contribution is -0.0511. The lowest BCUT2D eigenvalue weighted by atomic mass is 9.87. The van der Waals surface area contributed by atoms with Crippen molar-refractivity contribution in [1.29, 1.82) is 0 Å². The third kappa shape index (κ3) is 4.40. The minimum atomic E-state index is -1.21. The molecule has 0 aliphatic carbocycles. The Morgan fingerprint density at radius 1 is 1.09 bits per heavy atom. The molecule has 0 bridgehead atoms. The maximum absolute atomic E-state index is 10.3. The second-order valence-electron chi connectivity index (χ2n) is 8.82. The summed E-state index contributed by atoms with van der Waals surface area (Å²) in [6.45, 7) is 7.03. The van der Waals surface area contributed by atoms with E-state index in [1.54, 1.807) is 0 Å². The largest absolute Gasteiger partial charge is 0.492 e. The molecule has 3 heterocycles. The molecular weight excluding hydrogens is 414 g/mol. The third-order valence-electron chi connectivity index (χ3n) is 5.53. The molecule has 1 saturated heterocycles. The number of hydrogen-bond donors (Lipinski definition) is 4. The summed E-state index contributed by atoms with van der Waals surface area (Å²) in [7, 11) is 0. The first-order valence-electron chi connectivity index (χ1n) is 10.6. The molecule has 2 aromatic heterocycles. The van der Waals surface area contributed by atoms with E-state index in [0.29, 0.717) is 30.1 Å². The van der Waals surface area contributed by atoms with E-state index < -0.39 is 31.1 Å². The highest BCUT2D eigenvalue weighted by Gasteiger charge is 2.44. The number of rotatable bonds is 7. The minimum Gasteiger partial charge on any atom is -0.492 e. The summed E-state index contributed by atoms with van der Waals surface area (Å²) in [6.07, 6.45) is -1.34. The van der Waals surface area contributed by atoms with Gasteiger partial charge in [-0.2, -0.15) is 0 Å². The Kier molecular flexibility index (Phi) is 6.29. The van der Waals surface area contributed by atoms with Crippen LogP contribution in [0.1, 0.15) is 32.6 Å². The predicted octanol–water partition coefficient (Wildman–Crippen LogP) is 1.23. The molecule has 0 unspecified atom stereocenters. The zero-order valence-electron chi connectivity index (χ0n) is 18.3. The summed E-state index contributed by atoms with van der Waals surface area (Å²) >= 11 is 0. The first-order valence-corrected chi connectivity index (χ1v) is 10.6. The minimum absolute atomic E-state index is 0.0958. The van der Waals surface area contributed by atoms with Crippen molar-refractivity contribution >= 4 is 17.0 Å². The van der Waals surface area contributed by atoms with Crippen molar-refractivity contribution < 1.29 is 24.8 Å². The molecule has 4 atom stereocenters. The summed E-state index contributed by atoms with van der Waals surface area (Å²) in [6, 6.07) is 8.07. The van der Waals surface area contributed by atoms with E-state index in [1.165, 1.54) is 22.8 Å². The molecule has 4 N–H and O–H groups in total. The van der Waals surface area contributed by atoms with Crippen LogP contribution in [0.3, 0.4) is 0 Å². The van der Waals surface area contributed by atoms with Crippen LogP contribution in [0.5, 0.6) is 5.75 Å². The fraction of sp³-hybridized carbons (Fsp3) is 0.500. The van der Waals surface area contributed by atoms with E-state index in [2.05, 4.69) is 53.2 Å². The molecule has 0 saturated carbocycles. The SMILES string of the molecule is CC(C)(C)c1ccc(OCCNc2ncnc3c2ncn3[C@@H]2O[C@H](CO)[C@@H](O)[C@H]2O)cc1.